The van der Waals surface area contributed by atoms with Crippen molar-refractivity contribution in [2.24, 2.45) is 0 Å². The van der Waals surface area contributed by atoms with Crippen molar-refractivity contribution in [1.29, 1.82) is 0 Å². The molecule has 1 N–H and O–H groups in total. The average molecular weight is 469 g/mol. The van der Waals surface area contributed by atoms with E-state index < -0.39 is 17.6 Å². The van der Waals surface area contributed by atoms with Crippen LogP contribution in [0.15, 0.2) is 78.9 Å². The van der Waals surface area contributed by atoms with E-state index >= 15 is 0 Å². The van der Waals surface area contributed by atoms with Gasteiger partial charge in [-0.15, -0.1) is 0 Å². The molecule has 0 atom stereocenters. The van der Waals surface area contributed by atoms with Gasteiger partial charge in [-0.2, -0.15) is 18.3 Å². The van der Waals surface area contributed by atoms with Gasteiger partial charge in [-0.25, -0.2) is 4.68 Å². The molecule has 0 unspecified atom stereocenters. The fraction of sp³-hybridized carbons (Fsp3) is 0.125. The van der Waals surface area contributed by atoms with Crippen LogP contribution >= 0.6 is 12.2 Å². The number of hydrogen-bond acceptors (Lipinski definition) is 3. The Labute approximate surface area is 193 Å². The molecule has 33 heavy (non-hydrogen) atoms. The van der Waals surface area contributed by atoms with Gasteiger partial charge < -0.3 is 5.32 Å². The van der Waals surface area contributed by atoms with Crippen molar-refractivity contribution >= 4 is 23.8 Å². The quantitative estimate of drug-likeness (QED) is 0.364. The lowest BCUT2D eigenvalue weighted by atomic mass is 10.1. The van der Waals surface area contributed by atoms with Crippen molar-refractivity contribution in [3.05, 3.63) is 94.8 Å². The molecule has 0 aliphatic heterocycles. The molecule has 4 rings (SSSR count). The molecule has 9 heteroatoms. The van der Waals surface area contributed by atoms with Crippen molar-refractivity contribution in [2.45, 2.75) is 19.6 Å². The third-order valence-electron chi connectivity index (χ3n) is 4.93. The summed E-state index contributed by atoms with van der Waals surface area (Å²) in [6, 6.07) is 21.6. The first kappa shape index (κ1) is 22.5. The van der Waals surface area contributed by atoms with Crippen LogP contribution < -0.4 is 5.32 Å². The van der Waals surface area contributed by atoms with Gasteiger partial charge in [0.2, 0.25) is 10.7 Å². The third-order valence-corrected chi connectivity index (χ3v) is 5.32. The Balaban J connectivity index is 1.67. The highest BCUT2D eigenvalue weighted by Gasteiger charge is 2.30. The predicted molar refractivity (Wildman–Crippen MR) is 123 cm³/mol. The molecule has 1 amide bonds. The molecule has 1 heterocycles. The van der Waals surface area contributed by atoms with E-state index in [0.717, 1.165) is 28.9 Å². The number of carbonyl (C=O) groups is 1. The molecule has 0 saturated carbocycles. The molecular weight excluding hydrogens is 449 g/mol. The SMILES string of the molecule is Cc1ccc(-c2nn(CC(=O)Nc3cccc(C(F)(F)F)c3)c(=S)n2-c2ccccc2)cc1. The second-order valence-corrected chi connectivity index (χ2v) is 7.79. The van der Waals surface area contributed by atoms with E-state index in [1.165, 1.54) is 16.8 Å². The largest absolute Gasteiger partial charge is 0.416 e. The van der Waals surface area contributed by atoms with E-state index in [1.807, 2.05) is 61.5 Å². The van der Waals surface area contributed by atoms with Crippen molar-refractivity contribution in [3.8, 4) is 17.1 Å². The fourth-order valence-electron chi connectivity index (χ4n) is 3.32. The van der Waals surface area contributed by atoms with Gasteiger partial charge in [0.1, 0.15) is 6.54 Å². The molecule has 5 nitrogen and oxygen atoms in total. The number of nitrogens with zero attached hydrogens (tertiary/aromatic N) is 3. The van der Waals surface area contributed by atoms with Crippen LogP contribution in [0.1, 0.15) is 11.1 Å². The molecule has 4 aromatic rings. The topological polar surface area (TPSA) is 51.9 Å². The molecule has 0 fully saturated rings. The van der Waals surface area contributed by atoms with Crippen molar-refractivity contribution < 1.29 is 18.0 Å². The summed E-state index contributed by atoms with van der Waals surface area (Å²) < 4.78 is 42.3. The molecule has 0 aliphatic carbocycles. The minimum Gasteiger partial charge on any atom is -0.324 e. The van der Waals surface area contributed by atoms with E-state index in [2.05, 4.69) is 10.4 Å². The maximum atomic E-state index is 13.0. The minimum atomic E-state index is -4.50. The molecule has 0 radical (unpaired) electrons. The lowest BCUT2D eigenvalue weighted by Crippen LogP contribution is -2.20. The maximum absolute atomic E-state index is 13.0. The second kappa shape index (κ2) is 9.03. The summed E-state index contributed by atoms with van der Waals surface area (Å²) >= 11 is 5.61. The summed E-state index contributed by atoms with van der Waals surface area (Å²) in [5.41, 5.74) is 1.88. The normalized spacial score (nSPS) is 11.4. The first-order valence-corrected chi connectivity index (χ1v) is 10.4. The van der Waals surface area contributed by atoms with Crippen LogP contribution in [0.4, 0.5) is 18.9 Å². The van der Waals surface area contributed by atoms with Gasteiger partial charge in [0.25, 0.3) is 0 Å². The van der Waals surface area contributed by atoms with Crippen LogP contribution in [0, 0.1) is 11.7 Å². The highest BCUT2D eigenvalue weighted by atomic mass is 32.1. The van der Waals surface area contributed by atoms with Crippen LogP contribution in [0.5, 0.6) is 0 Å². The summed E-state index contributed by atoms with van der Waals surface area (Å²) in [5.74, 6) is 0.0108. The first-order chi connectivity index (χ1) is 15.7. The van der Waals surface area contributed by atoms with Crippen LogP contribution in [0.25, 0.3) is 17.1 Å². The number of alkyl halides is 3. The van der Waals surface area contributed by atoms with Gasteiger partial charge in [-0.1, -0.05) is 54.1 Å². The summed E-state index contributed by atoms with van der Waals surface area (Å²) in [6.07, 6.45) is -4.50. The predicted octanol–water partition coefficient (Wildman–Crippen LogP) is 6.04. The summed E-state index contributed by atoms with van der Waals surface area (Å²) in [4.78, 5) is 12.6. The van der Waals surface area contributed by atoms with Gasteiger partial charge in [-0.3, -0.25) is 9.36 Å². The number of aryl methyl sites for hydroxylation is 1. The number of hydrogen-bond donors (Lipinski definition) is 1. The molecule has 0 spiro atoms. The van der Waals surface area contributed by atoms with Crippen molar-refractivity contribution in [1.82, 2.24) is 14.3 Å². The Kier molecular flexibility index (Phi) is 6.15. The Morgan fingerprint density at radius 3 is 2.36 bits per heavy atom. The molecule has 168 valence electrons. The number of carbonyl (C=O) groups excluding carboxylic acids is 1. The van der Waals surface area contributed by atoms with Gasteiger partial charge in [-0.05, 0) is 49.5 Å². The van der Waals surface area contributed by atoms with Crippen LogP contribution in [-0.2, 0) is 17.5 Å². The monoisotopic (exact) mass is 468 g/mol. The molecular formula is C24H19F3N4OS. The number of nitrogens with one attached hydrogen (secondary N) is 1. The molecule has 1 aromatic heterocycles. The van der Waals surface area contributed by atoms with Crippen LogP contribution in [0.2, 0.25) is 0 Å². The minimum absolute atomic E-state index is 0.0441. The lowest BCUT2D eigenvalue weighted by Gasteiger charge is -2.10. The number of aromatic nitrogens is 3. The standard InChI is InChI=1S/C24H19F3N4OS/c1-16-10-12-17(13-11-16)22-29-30(23(33)31(22)20-8-3-2-4-9-20)15-21(32)28-19-7-5-6-18(14-19)24(25,26)27/h2-14H,15H2,1H3,(H,28,32). The van der Waals surface area contributed by atoms with E-state index in [1.54, 1.807) is 4.57 Å². The number of benzene rings is 3. The zero-order valence-electron chi connectivity index (χ0n) is 17.5. The maximum Gasteiger partial charge on any atom is 0.416 e. The zero-order valence-corrected chi connectivity index (χ0v) is 18.3. The van der Waals surface area contributed by atoms with Crippen LogP contribution in [-0.4, -0.2) is 20.3 Å². The number of halogens is 3. The number of para-hydroxylation sites is 1. The smallest absolute Gasteiger partial charge is 0.324 e. The fourth-order valence-corrected chi connectivity index (χ4v) is 3.62. The van der Waals surface area contributed by atoms with Crippen molar-refractivity contribution in [2.75, 3.05) is 5.32 Å². The molecule has 0 bridgehead atoms. The van der Waals surface area contributed by atoms with E-state index in [-0.39, 0.29) is 17.0 Å². The van der Waals surface area contributed by atoms with Gasteiger partial charge in [0, 0.05) is 16.9 Å². The van der Waals surface area contributed by atoms with Crippen LogP contribution in [0.3, 0.4) is 0 Å². The Bertz CT molecular complexity index is 1340. The number of amides is 1. The van der Waals surface area contributed by atoms with E-state index in [0.29, 0.717) is 5.82 Å². The number of anilines is 1. The highest BCUT2D eigenvalue weighted by Crippen LogP contribution is 2.30. The lowest BCUT2D eigenvalue weighted by molar-refractivity contribution is -0.137. The summed E-state index contributed by atoms with van der Waals surface area (Å²) in [7, 11) is 0. The Morgan fingerprint density at radius 1 is 1.00 bits per heavy atom. The highest BCUT2D eigenvalue weighted by molar-refractivity contribution is 7.71. The van der Waals surface area contributed by atoms with Gasteiger partial charge in [0.15, 0.2) is 5.82 Å². The molecule has 0 aliphatic rings. The first-order valence-electron chi connectivity index (χ1n) is 10.0. The molecule has 3 aromatic carbocycles. The molecule has 0 saturated heterocycles. The Hall–Kier alpha value is -3.72. The average Bonchev–Trinajstić information content (AvgIpc) is 3.10. The van der Waals surface area contributed by atoms with Gasteiger partial charge >= 0.3 is 6.18 Å². The van der Waals surface area contributed by atoms with E-state index in [4.69, 9.17) is 12.2 Å². The second-order valence-electron chi connectivity index (χ2n) is 7.43. The van der Waals surface area contributed by atoms with Crippen molar-refractivity contribution in [3.63, 3.8) is 0 Å². The van der Waals surface area contributed by atoms with E-state index in [9.17, 15) is 18.0 Å². The third kappa shape index (κ3) is 5.04. The summed E-state index contributed by atoms with van der Waals surface area (Å²) in [6.45, 7) is 1.72. The number of rotatable bonds is 5. The zero-order chi connectivity index (χ0) is 23.6. The Morgan fingerprint density at radius 2 is 1.70 bits per heavy atom. The summed E-state index contributed by atoms with van der Waals surface area (Å²) in [5, 5.41) is 7.05. The van der Waals surface area contributed by atoms with Gasteiger partial charge in [0.05, 0.1) is 5.56 Å².